The summed E-state index contributed by atoms with van der Waals surface area (Å²) in [5, 5.41) is 2.14. The van der Waals surface area contributed by atoms with Crippen LogP contribution in [-0.2, 0) is 0 Å². The zero-order valence-corrected chi connectivity index (χ0v) is 24.5. The maximum absolute atomic E-state index is 13.3. The van der Waals surface area contributed by atoms with Crippen LogP contribution in [0.2, 0.25) is 0 Å². The monoisotopic (exact) mass is 550 g/mol. The van der Waals surface area contributed by atoms with Gasteiger partial charge in [-0.3, -0.25) is 19.4 Å². The van der Waals surface area contributed by atoms with E-state index >= 15 is 0 Å². The van der Waals surface area contributed by atoms with Gasteiger partial charge in [0.1, 0.15) is 0 Å². The van der Waals surface area contributed by atoms with Crippen LogP contribution in [0.3, 0.4) is 0 Å². The standard InChI is InChI=1S/C30H38N4O2S2/c1-31-21-33(19-25(29(31)37-3)27(35)23-13-7-5-8-14-23)17-11-12-18-34-20-26(30(38-4)32(2)22-34)28(36)24-15-9-6-10-16-24/h5-10,13-16H,11-12,17-22H2,1-4H3. The fourth-order valence-electron chi connectivity index (χ4n) is 5.27. The Morgan fingerprint density at radius 2 is 1.03 bits per heavy atom. The van der Waals surface area contributed by atoms with Crippen molar-refractivity contribution in [1.82, 2.24) is 19.6 Å². The number of carbonyl (C=O) groups is 2. The van der Waals surface area contributed by atoms with Crippen molar-refractivity contribution in [2.24, 2.45) is 0 Å². The minimum Gasteiger partial charge on any atom is -0.356 e. The molecule has 0 fully saturated rings. The highest BCUT2D eigenvalue weighted by Crippen LogP contribution is 2.30. The zero-order chi connectivity index (χ0) is 27.1. The van der Waals surface area contributed by atoms with Gasteiger partial charge < -0.3 is 9.80 Å². The van der Waals surface area contributed by atoms with Crippen molar-refractivity contribution in [3.05, 3.63) is 93.0 Å². The summed E-state index contributed by atoms with van der Waals surface area (Å²) in [6.07, 6.45) is 6.17. The van der Waals surface area contributed by atoms with Crippen molar-refractivity contribution in [1.29, 1.82) is 0 Å². The highest BCUT2D eigenvalue weighted by molar-refractivity contribution is 8.02. The number of thioether (sulfide) groups is 2. The first-order valence-electron chi connectivity index (χ1n) is 13.0. The van der Waals surface area contributed by atoms with E-state index in [1.807, 2.05) is 73.2 Å². The Kier molecular flexibility index (Phi) is 10.1. The van der Waals surface area contributed by atoms with Crippen molar-refractivity contribution in [3.8, 4) is 0 Å². The Morgan fingerprint density at radius 3 is 1.37 bits per heavy atom. The Morgan fingerprint density at radius 1 is 0.658 bits per heavy atom. The van der Waals surface area contributed by atoms with E-state index in [1.165, 1.54) is 0 Å². The average Bonchev–Trinajstić information content (AvgIpc) is 2.95. The lowest BCUT2D eigenvalue weighted by atomic mass is 10.0. The number of hydrogen-bond donors (Lipinski definition) is 0. The topological polar surface area (TPSA) is 47.1 Å². The maximum Gasteiger partial charge on any atom is 0.192 e. The molecular weight excluding hydrogens is 512 g/mol. The number of ketones is 2. The Bertz CT molecular complexity index is 1090. The van der Waals surface area contributed by atoms with Gasteiger partial charge in [0, 0.05) is 62.5 Å². The first-order valence-corrected chi connectivity index (χ1v) is 15.5. The summed E-state index contributed by atoms with van der Waals surface area (Å²) in [5.74, 6) is 0.240. The fraction of sp³-hybridized carbons (Fsp3) is 0.400. The lowest BCUT2D eigenvalue weighted by Gasteiger charge is -2.38. The lowest BCUT2D eigenvalue weighted by Crippen LogP contribution is -2.44. The zero-order valence-electron chi connectivity index (χ0n) is 22.9. The summed E-state index contributed by atoms with van der Waals surface area (Å²) in [5.41, 5.74) is 3.26. The van der Waals surface area contributed by atoms with Crippen LogP contribution in [0.25, 0.3) is 0 Å². The van der Waals surface area contributed by atoms with E-state index in [-0.39, 0.29) is 11.6 Å². The molecule has 2 aromatic carbocycles. The molecule has 2 aromatic rings. The first kappa shape index (κ1) is 28.5. The molecule has 0 aromatic heterocycles. The number of Topliss-reactive ketones (excluding diaryl/α,β-unsaturated/α-hetero) is 2. The van der Waals surface area contributed by atoms with E-state index in [4.69, 9.17) is 0 Å². The number of hydrogen-bond acceptors (Lipinski definition) is 8. The number of carbonyl (C=O) groups excluding carboxylic acids is 2. The fourth-order valence-corrected chi connectivity index (χ4v) is 6.81. The molecule has 0 N–H and O–H groups in total. The summed E-state index contributed by atoms with van der Waals surface area (Å²) in [7, 11) is 4.14. The molecule has 2 heterocycles. The molecule has 38 heavy (non-hydrogen) atoms. The molecule has 0 spiro atoms. The van der Waals surface area contributed by atoms with Crippen LogP contribution >= 0.6 is 23.5 Å². The molecule has 8 heteroatoms. The SMILES string of the molecule is CSC1=C(C(=O)c2ccccc2)CN(CCCCN2CC(C(=O)c3ccccc3)=C(SC)N(C)C2)CN1C. The second-order valence-corrected chi connectivity index (χ2v) is 11.4. The molecule has 0 saturated carbocycles. The number of nitrogens with zero attached hydrogens (tertiary/aromatic N) is 4. The summed E-state index contributed by atoms with van der Waals surface area (Å²) in [4.78, 5) is 35.7. The Labute approximate surface area is 235 Å². The molecule has 0 radical (unpaired) electrons. The van der Waals surface area contributed by atoms with Crippen LogP contribution in [-0.4, -0.2) is 97.3 Å². The predicted molar refractivity (Wildman–Crippen MR) is 160 cm³/mol. The molecular formula is C30H38N4O2S2. The van der Waals surface area contributed by atoms with E-state index in [9.17, 15) is 9.59 Å². The van der Waals surface area contributed by atoms with Crippen molar-refractivity contribution >= 4 is 35.1 Å². The molecule has 0 atom stereocenters. The van der Waals surface area contributed by atoms with E-state index in [0.29, 0.717) is 13.1 Å². The number of benzene rings is 2. The largest absolute Gasteiger partial charge is 0.356 e. The quantitative estimate of drug-likeness (QED) is 0.283. The molecule has 0 aliphatic carbocycles. The van der Waals surface area contributed by atoms with E-state index < -0.39 is 0 Å². The second kappa shape index (κ2) is 13.5. The van der Waals surface area contributed by atoms with Crippen LogP contribution in [0.1, 0.15) is 33.6 Å². The van der Waals surface area contributed by atoms with Crippen molar-refractivity contribution < 1.29 is 9.59 Å². The van der Waals surface area contributed by atoms with Gasteiger partial charge in [0.25, 0.3) is 0 Å². The number of rotatable bonds is 11. The van der Waals surface area contributed by atoms with Gasteiger partial charge >= 0.3 is 0 Å². The summed E-state index contributed by atoms with van der Waals surface area (Å²) >= 11 is 3.30. The van der Waals surface area contributed by atoms with E-state index in [0.717, 1.165) is 71.6 Å². The highest BCUT2D eigenvalue weighted by Gasteiger charge is 2.29. The van der Waals surface area contributed by atoms with E-state index in [1.54, 1.807) is 23.5 Å². The molecule has 0 bridgehead atoms. The molecule has 0 unspecified atom stereocenters. The van der Waals surface area contributed by atoms with Crippen LogP contribution < -0.4 is 0 Å². The van der Waals surface area contributed by atoms with Gasteiger partial charge in [0.15, 0.2) is 11.6 Å². The molecule has 202 valence electrons. The summed E-state index contributed by atoms with van der Waals surface area (Å²) < 4.78 is 0. The Balaban J connectivity index is 1.34. The third-order valence-corrected chi connectivity index (χ3v) is 8.89. The van der Waals surface area contributed by atoms with Crippen LogP contribution in [0.4, 0.5) is 0 Å². The third kappa shape index (κ3) is 6.72. The molecule has 4 rings (SSSR count). The molecule has 6 nitrogen and oxygen atoms in total. The van der Waals surface area contributed by atoms with Gasteiger partial charge in [-0.1, -0.05) is 60.7 Å². The second-order valence-electron chi connectivity index (χ2n) is 9.86. The van der Waals surface area contributed by atoms with E-state index in [2.05, 4.69) is 33.7 Å². The third-order valence-electron chi connectivity index (χ3n) is 7.00. The maximum atomic E-state index is 13.3. The normalized spacial score (nSPS) is 17.4. The van der Waals surface area contributed by atoms with Crippen molar-refractivity contribution in [3.63, 3.8) is 0 Å². The predicted octanol–water partition coefficient (Wildman–Crippen LogP) is 5.09. The van der Waals surface area contributed by atoms with Crippen LogP contribution in [0.5, 0.6) is 0 Å². The Hall–Kier alpha value is -2.52. The molecule has 0 amide bonds. The lowest BCUT2D eigenvalue weighted by molar-refractivity contribution is 0.0974. The first-order chi connectivity index (χ1) is 18.4. The van der Waals surface area contributed by atoms with Crippen LogP contribution in [0, 0.1) is 0 Å². The van der Waals surface area contributed by atoms with Crippen molar-refractivity contribution in [2.75, 3.05) is 66.1 Å². The number of unbranched alkanes of at least 4 members (excludes halogenated alkanes) is 1. The molecule has 2 aliphatic heterocycles. The average molecular weight is 551 g/mol. The summed E-state index contributed by atoms with van der Waals surface area (Å²) in [6, 6.07) is 19.2. The highest BCUT2D eigenvalue weighted by atomic mass is 32.2. The minimum atomic E-state index is 0.120. The molecule has 2 aliphatic rings. The molecule has 0 saturated heterocycles. The summed E-state index contributed by atoms with van der Waals surface area (Å²) in [6.45, 7) is 4.87. The van der Waals surface area contributed by atoms with Gasteiger partial charge in [0.05, 0.1) is 23.4 Å². The van der Waals surface area contributed by atoms with Gasteiger partial charge in [-0.05, 0) is 25.4 Å². The minimum absolute atomic E-state index is 0.120. The van der Waals surface area contributed by atoms with Gasteiger partial charge in [0.2, 0.25) is 0 Å². The van der Waals surface area contributed by atoms with Crippen molar-refractivity contribution in [2.45, 2.75) is 12.8 Å². The van der Waals surface area contributed by atoms with Crippen LogP contribution in [0.15, 0.2) is 81.9 Å². The smallest absolute Gasteiger partial charge is 0.192 e. The van der Waals surface area contributed by atoms with Gasteiger partial charge in [-0.25, -0.2) is 0 Å². The van der Waals surface area contributed by atoms with Gasteiger partial charge in [-0.15, -0.1) is 23.5 Å². The van der Waals surface area contributed by atoms with Gasteiger partial charge in [-0.2, -0.15) is 0 Å².